The van der Waals surface area contributed by atoms with E-state index >= 15 is 0 Å². The van der Waals surface area contributed by atoms with E-state index in [1.807, 2.05) is 6.20 Å². The molecule has 5 rings (SSSR count). The number of aryl methyl sites for hydroxylation is 2. The van der Waals surface area contributed by atoms with Crippen LogP contribution in [0.1, 0.15) is 62.6 Å². The number of nitrogens with zero attached hydrogens (tertiary/aromatic N) is 4. The molecule has 4 heterocycles. The second-order valence-electron chi connectivity index (χ2n) is 7.09. The molecular formula is C22H35N5O. The Bertz CT molecular complexity index is 502. The molecule has 0 spiro atoms. The van der Waals surface area contributed by atoms with Gasteiger partial charge in [0, 0.05) is 37.5 Å². The molecule has 0 unspecified atom stereocenters. The van der Waals surface area contributed by atoms with Crippen LogP contribution in [-0.2, 0) is 17.6 Å². The van der Waals surface area contributed by atoms with E-state index in [2.05, 4.69) is 25.3 Å². The van der Waals surface area contributed by atoms with E-state index in [4.69, 9.17) is 4.74 Å². The lowest BCUT2D eigenvalue weighted by molar-refractivity contribution is 0.0968. The topological polar surface area (TPSA) is 72.8 Å². The maximum Gasteiger partial charge on any atom is 0.115 e. The van der Waals surface area contributed by atoms with Crippen molar-refractivity contribution in [3.63, 3.8) is 0 Å². The van der Waals surface area contributed by atoms with Crippen LogP contribution >= 0.6 is 0 Å². The predicted molar refractivity (Wildman–Crippen MR) is 112 cm³/mol. The maximum absolute atomic E-state index is 5.07. The van der Waals surface area contributed by atoms with Gasteiger partial charge in [-0.25, -0.2) is 19.9 Å². The van der Waals surface area contributed by atoms with Gasteiger partial charge < -0.3 is 10.1 Å². The van der Waals surface area contributed by atoms with Gasteiger partial charge in [0.15, 0.2) is 0 Å². The summed E-state index contributed by atoms with van der Waals surface area (Å²) in [6, 6.07) is 1.78. The molecule has 0 bridgehead atoms. The van der Waals surface area contributed by atoms with Crippen molar-refractivity contribution in [1.82, 2.24) is 25.3 Å². The van der Waals surface area contributed by atoms with Gasteiger partial charge >= 0.3 is 0 Å². The number of piperidine rings is 1. The molecule has 2 aromatic rings. The Morgan fingerprint density at radius 3 is 1.86 bits per heavy atom. The molecule has 28 heavy (non-hydrogen) atoms. The second-order valence-corrected chi connectivity index (χ2v) is 7.09. The lowest BCUT2D eigenvalue weighted by Gasteiger charge is -2.11. The van der Waals surface area contributed by atoms with Crippen molar-refractivity contribution in [2.24, 2.45) is 0 Å². The van der Waals surface area contributed by atoms with E-state index in [1.54, 1.807) is 24.8 Å². The van der Waals surface area contributed by atoms with Gasteiger partial charge in [-0.3, -0.25) is 0 Å². The quantitative estimate of drug-likeness (QED) is 0.744. The standard InChI is InChI=1S/C8H10N2.C5H11N.C5H10O.C4H4N2/c1-2-4-8-7(3-1)5-9-6-10-8;2*1-2-4-6-5-3-1;1-2-5-4-6-3-1/h5-6H,1-4H2;6H,1-5H2;1-5H2;1-4H. The highest BCUT2D eigenvalue weighted by atomic mass is 16.5. The normalized spacial score (nSPS) is 17.9. The van der Waals surface area contributed by atoms with Crippen LogP contribution in [0.25, 0.3) is 0 Å². The Morgan fingerprint density at radius 2 is 1.43 bits per heavy atom. The van der Waals surface area contributed by atoms with Crippen LogP contribution in [0.15, 0.2) is 37.3 Å². The van der Waals surface area contributed by atoms with Crippen LogP contribution in [0.2, 0.25) is 0 Å². The Kier molecular flexibility index (Phi) is 12.8. The van der Waals surface area contributed by atoms with Crippen LogP contribution in [0, 0.1) is 0 Å². The number of hydrogen-bond donors (Lipinski definition) is 1. The molecule has 154 valence electrons. The van der Waals surface area contributed by atoms with Crippen LogP contribution < -0.4 is 5.32 Å². The van der Waals surface area contributed by atoms with Crippen LogP contribution in [0.3, 0.4) is 0 Å². The van der Waals surface area contributed by atoms with Gasteiger partial charge in [-0.05, 0) is 82.5 Å². The highest BCUT2D eigenvalue weighted by Gasteiger charge is 2.08. The molecule has 1 N–H and O–H groups in total. The van der Waals surface area contributed by atoms with E-state index in [1.165, 1.54) is 88.5 Å². The second kappa shape index (κ2) is 16.1. The van der Waals surface area contributed by atoms with Gasteiger partial charge in [-0.15, -0.1) is 0 Å². The first kappa shape index (κ1) is 22.4. The predicted octanol–water partition coefficient (Wildman–Crippen LogP) is 3.78. The minimum absolute atomic E-state index is 1.00. The van der Waals surface area contributed by atoms with E-state index in [0.717, 1.165) is 19.6 Å². The first-order chi connectivity index (χ1) is 14.0. The molecule has 2 fully saturated rings. The lowest BCUT2D eigenvalue weighted by atomic mass is 9.98. The van der Waals surface area contributed by atoms with Crippen molar-refractivity contribution in [2.45, 2.75) is 64.2 Å². The summed E-state index contributed by atoms with van der Waals surface area (Å²) < 4.78 is 5.07. The maximum atomic E-state index is 5.07. The molecule has 2 aliphatic heterocycles. The average Bonchev–Trinajstić information content (AvgIpc) is 2.84. The molecule has 2 saturated heterocycles. The first-order valence-corrected chi connectivity index (χ1v) is 10.7. The number of nitrogens with one attached hydrogen (secondary N) is 1. The highest BCUT2D eigenvalue weighted by Crippen LogP contribution is 2.16. The van der Waals surface area contributed by atoms with E-state index in [0.29, 0.717) is 0 Å². The monoisotopic (exact) mass is 385 g/mol. The number of ether oxygens (including phenoxy) is 1. The Balaban J connectivity index is 0.000000138. The summed E-state index contributed by atoms with van der Waals surface area (Å²) in [7, 11) is 0. The largest absolute Gasteiger partial charge is 0.381 e. The number of aromatic nitrogens is 4. The van der Waals surface area contributed by atoms with Crippen LogP contribution in [0.5, 0.6) is 0 Å². The molecule has 0 atom stereocenters. The summed E-state index contributed by atoms with van der Waals surface area (Å²) in [5.41, 5.74) is 2.62. The molecule has 0 amide bonds. The summed E-state index contributed by atoms with van der Waals surface area (Å²) in [6.07, 6.45) is 21.5. The summed E-state index contributed by atoms with van der Waals surface area (Å²) >= 11 is 0. The third kappa shape index (κ3) is 11.0. The number of hydrogen-bond acceptors (Lipinski definition) is 6. The lowest BCUT2D eigenvalue weighted by Crippen LogP contribution is -2.21. The van der Waals surface area contributed by atoms with Crippen molar-refractivity contribution in [3.8, 4) is 0 Å². The fourth-order valence-electron chi connectivity index (χ4n) is 3.17. The summed E-state index contributed by atoms with van der Waals surface area (Å²) in [5, 5.41) is 3.28. The fraction of sp³-hybridized carbons (Fsp3) is 0.636. The fourth-order valence-corrected chi connectivity index (χ4v) is 3.17. The summed E-state index contributed by atoms with van der Waals surface area (Å²) in [4.78, 5) is 15.5. The van der Waals surface area contributed by atoms with Gasteiger partial charge in [0.1, 0.15) is 12.7 Å². The number of rotatable bonds is 0. The van der Waals surface area contributed by atoms with Crippen molar-refractivity contribution in [1.29, 1.82) is 0 Å². The molecule has 3 aliphatic rings. The third-order valence-corrected chi connectivity index (χ3v) is 4.75. The van der Waals surface area contributed by atoms with Gasteiger partial charge in [0.25, 0.3) is 0 Å². The molecule has 0 aromatic carbocycles. The SMILES string of the molecule is C1CCNCC1.C1CCOCC1.c1cncnc1.c1ncc2c(n1)CCCC2. The molecule has 0 saturated carbocycles. The third-order valence-electron chi connectivity index (χ3n) is 4.75. The Hall–Kier alpha value is -1.92. The molecule has 0 radical (unpaired) electrons. The average molecular weight is 386 g/mol. The van der Waals surface area contributed by atoms with Crippen LogP contribution in [0.4, 0.5) is 0 Å². The van der Waals surface area contributed by atoms with Gasteiger partial charge in [-0.1, -0.05) is 6.42 Å². The van der Waals surface area contributed by atoms with Crippen molar-refractivity contribution >= 4 is 0 Å². The summed E-state index contributed by atoms with van der Waals surface area (Å²) in [5.74, 6) is 0. The molecule has 1 aliphatic carbocycles. The molecular weight excluding hydrogens is 350 g/mol. The van der Waals surface area contributed by atoms with E-state index in [9.17, 15) is 0 Å². The number of fused-ring (bicyclic) bond motifs is 1. The minimum Gasteiger partial charge on any atom is -0.381 e. The van der Waals surface area contributed by atoms with E-state index < -0.39 is 0 Å². The van der Waals surface area contributed by atoms with Gasteiger partial charge in [0.2, 0.25) is 0 Å². The Labute approximate surface area is 169 Å². The van der Waals surface area contributed by atoms with Crippen molar-refractivity contribution < 1.29 is 4.74 Å². The molecule has 6 heteroatoms. The van der Waals surface area contributed by atoms with Crippen molar-refractivity contribution in [2.75, 3.05) is 26.3 Å². The van der Waals surface area contributed by atoms with Crippen LogP contribution in [-0.4, -0.2) is 46.2 Å². The minimum atomic E-state index is 1.00. The zero-order valence-electron chi connectivity index (χ0n) is 17.1. The molecule has 6 nitrogen and oxygen atoms in total. The first-order valence-electron chi connectivity index (χ1n) is 10.7. The Morgan fingerprint density at radius 1 is 0.714 bits per heavy atom. The smallest absolute Gasteiger partial charge is 0.115 e. The van der Waals surface area contributed by atoms with Crippen molar-refractivity contribution in [3.05, 3.63) is 48.6 Å². The summed E-state index contributed by atoms with van der Waals surface area (Å²) in [6.45, 7) is 4.50. The van der Waals surface area contributed by atoms with Gasteiger partial charge in [-0.2, -0.15) is 0 Å². The molecule has 2 aromatic heterocycles. The van der Waals surface area contributed by atoms with E-state index in [-0.39, 0.29) is 0 Å². The van der Waals surface area contributed by atoms with Gasteiger partial charge in [0.05, 0.1) is 0 Å². The zero-order valence-corrected chi connectivity index (χ0v) is 17.1. The highest BCUT2D eigenvalue weighted by molar-refractivity contribution is 5.18. The zero-order chi connectivity index (χ0) is 19.5.